The molecule has 2 heterocycles. The smallest absolute Gasteiger partial charge is 0.0986 e. The average Bonchev–Trinajstić information content (AvgIpc) is 2.75. The summed E-state index contributed by atoms with van der Waals surface area (Å²) in [5.74, 6) is 0.481. The van der Waals surface area contributed by atoms with Crippen LogP contribution in [0.4, 0.5) is 0 Å². The van der Waals surface area contributed by atoms with Gasteiger partial charge in [0, 0.05) is 31.1 Å². The molecule has 1 N–H and O–H groups in total. The van der Waals surface area contributed by atoms with Crippen LogP contribution >= 0.6 is 11.3 Å². The second-order valence-corrected chi connectivity index (χ2v) is 5.41. The van der Waals surface area contributed by atoms with Gasteiger partial charge in [0.05, 0.1) is 23.9 Å². The van der Waals surface area contributed by atoms with Gasteiger partial charge >= 0.3 is 0 Å². The maximum Gasteiger partial charge on any atom is 0.0986 e. The number of hydrogen-bond donors (Lipinski definition) is 1. The van der Waals surface area contributed by atoms with E-state index in [9.17, 15) is 0 Å². The normalized spacial score (nSPS) is 20.7. The Morgan fingerprint density at radius 2 is 2.47 bits per heavy atom. The largest absolute Gasteiger partial charge is 0.381 e. The predicted molar refractivity (Wildman–Crippen MR) is 68.4 cm³/mol. The maximum atomic E-state index is 5.53. The lowest BCUT2D eigenvalue weighted by molar-refractivity contribution is 0.0802. The summed E-state index contributed by atoms with van der Waals surface area (Å²) in [5, 5.41) is 4.39. The van der Waals surface area contributed by atoms with Crippen molar-refractivity contribution in [3.05, 3.63) is 15.6 Å². The van der Waals surface area contributed by atoms with Gasteiger partial charge in [-0.2, -0.15) is 0 Å². The fourth-order valence-corrected chi connectivity index (χ4v) is 3.26. The lowest BCUT2D eigenvalue weighted by Gasteiger charge is -2.19. The molecular formula is C12H20N2O2S. The molecule has 1 unspecified atom stereocenters. The van der Waals surface area contributed by atoms with Gasteiger partial charge in [-0.3, -0.25) is 0 Å². The molecule has 1 aromatic heterocycles. The van der Waals surface area contributed by atoms with Crippen molar-refractivity contribution in [2.24, 2.45) is 0 Å². The van der Waals surface area contributed by atoms with Gasteiger partial charge in [-0.25, -0.2) is 4.98 Å². The lowest BCUT2D eigenvalue weighted by Crippen LogP contribution is -2.15. The fraction of sp³-hybridized carbons (Fsp3) is 0.750. The highest BCUT2D eigenvalue weighted by molar-refractivity contribution is 7.11. The first-order valence-corrected chi connectivity index (χ1v) is 6.86. The molecule has 4 nitrogen and oxygen atoms in total. The highest BCUT2D eigenvalue weighted by Crippen LogP contribution is 2.31. The lowest BCUT2D eigenvalue weighted by atomic mass is 10.0. The van der Waals surface area contributed by atoms with Crippen LogP contribution in [-0.4, -0.2) is 32.4 Å². The van der Waals surface area contributed by atoms with Gasteiger partial charge in [0.15, 0.2) is 0 Å². The highest BCUT2D eigenvalue weighted by atomic mass is 32.1. The zero-order chi connectivity index (χ0) is 12.1. The van der Waals surface area contributed by atoms with Crippen LogP contribution in [0.3, 0.4) is 0 Å². The van der Waals surface area contributed by atoms with E-state index in [1.165, 1.54) is 16.3 Å². The Labute approximate surface area is 106 Å². The average molecular weight is 256 g/mol. The second-order valence-electron chi connectivity index (χ2n) is 4.30. The molecular weight excluding hydrogens is 236 g/mol. The van der Waals surface area contributed by atoms with Gasteiger partial charge in [-0.15, -0.1) is 11.3 Å². The minimum Gasteiger partial charge on any atom is -0.381 e. The number of nitrogens with one attached hydrogen (secondary N) is 1. The first kappa shape index (κ1) is 13.0. The predicted octanol–water partition coefficient (Wildman–Crippen LogP) is 1.90. The van der Waals surface area contributed by atoms with Gasteiger partial charge in [0.2, 0.25) is 0 Å². The summed E-state index contributed by atoms with van der Waals surface area (Å²) in [6.45, 7) is 3.18. The van der Waals surface area contributed by atoms with Gasteiger partial charge in [0.1, 0.15) is 0 Å². The summed E-state index contributed by atoms with van der Waals surface area (Å²) in [6.07, 6.45) is 2.34. The SMILES string of the molecule is CNCc1sc(C2CCCOC2)nc1COC. The van der Waals surface area contributed by atoms with Gasteiger partial charge in [-0.05, 0) is 19.9 Å². The van der Waals surface area contributed by atoms with Crippen LogP contribution in [0.5, 0.6) is 0 Å². The number of nitrogens with zero attached hydrogens (tertiary/aromatic N) is 1. The van der Waals surface area contributed by atoms with Crippen LogP contribution in [0.15, 0.2) is 0 Å². The van der Waals surface area contributed by atoms with Gasteiger partial charge in [-0.1, -0.05) is 0 Å². The van der Waals surface area contributed by atoms with Crippen molar-refractivity contribution in [3.8, 4) is 0 Å². The summed E-state index contributed by atoms with van der Waals surface area (Å²) < 4.78 is 10.7. The molecule has 0 aromatic carbocycles. The van der Waals surface area contributed by atoms with E-state index in [1.807, 2.05) is 7.05 Å². The van der Waals surface area contributed by atoms with E-state index in [0.29, 0.717) is 12.5 Å². The quantitative estimate of drug-likeness (QED) is 0.874. The molecule has 1 aromatic rings. The molecule has 0 aliphatic carbocycles. The van der Waals surface area contributed by atoms with E-state index in [1.54, 1.807) is 18.4 Å². The van der Waals surface area contributed by atoms with Crippen LogP contribution in [0, 0.1) is 0 Å². The van der Waals surface area contributed by atoms with Crippen molar-refractivity contribution < 1.29 is 9.47 Å². The molecule has 0 amide bonds. The molecule has 0 saturated carbocycles. The van der Waals surface area contributed by atoms with Crippen molar-refractivity contribution in [1.29, 1.82) is 0 Å². The molecule has 96 valence electrons. The molecule has 1 aliphatic rings. The molecule has 0 radical (unpaired) electrons. The zero-order valence-electron chi connectivity index (χ0n) is 10.5. The fourth-order valence-electron chi connectivity index (χ4n) is 2.06. The third-order valence-electron chi connectivity index (χ3n) is 2.92. The molecule has 1 saturated heterocycles. The van der Waals surface area contributed by atoms with E-state index in [-0.39, 0.29) is 0 Å². The van der Waals surface area contributed by atoms with Crippen molar-refractivity contribution in [2.45, 2.75) is 31.9 Å². The Morgan fingerprint density at radius 3 is 3.12 bits per heavy atom. The number of ether oxygens (including phenoxy) is 2. The van der Waals surface area contributed by atoms with Crippen molar-refractivity contribution in [3.63, 3.8) is 0 Å². The van der Waals surface area contributed by atoms with Crippen LogP contribution in [-0.2, 0) is 22.6 Å². The van der Waals surface area contributed by atoms with Gasteiger partial charge in [0.25, 0.3) is 0 Å². The minimum atomic E-state index is 0.481. The Hall–Kier alpha value is -0.490. The number of aromatic nitrogens is 1. The number of rotatable bonds is 5. The molecule has 5 heteroatoms. The van der Waals surface area contributed by atoms with Crippen molar-refractivity contribution >= 4 is 11.3 Å². The van der Waals surface area contributed by atoms with Crippen LogP contribution in [0.25, 0.3) is 0 Å². The monoisotopic (exact) mass is 256 g/mol. The summed E-state index contributed by atoms with van der Waals surface area (Å²) in [6, 6.07) is 0. The Kier molecular flexibility index (Phi) is 4.91. The minimum absolute atomic E-state index is 0.481. The van der Waals surface area contributed by atoms with Crippen LogP contribution in [0.2, 0.25) is 0 Å². The van der Waals surface area contributed by atoms with E-state index < -0.39 is 0 Å². The Morgan fingerprint density at radius 1 is 1.59 bits per heavy atom. The Balaban J connectivity index is 2.13. The highest BCUT2D eigenvalue weighted by Gasteiger charge is 2.21. The summed E-state index contributed by atoms with van der Waals surface area (Å²) in [7, 11) is 3.67. The molecule has 1 aliphatic heterocycles. The molecule has 0 bridgehead atoms. The topological polar surface area (TPSA) is 43.4 Å². The molecule has 1 fully saturated rings. The van der Waals surface area contributed by atoms with Crippen molar-refractivity contribution in [2.75, 3.05) is 27.4 Å². The first-order valence-electron chi connectivity index (χ1n) is 6.05. The first-order chi connectivity index (χ1) is 8.35. The van der Waals surface area contributed by atoms with E-state index in [0.717, 1.165) is 31.9 Å². The summed E-state index contributed by atoms with van der Waals surface area (Å²) in [4.78, 5) is 6.00. The van der Waals surface area contributed by atoms with Crippen LogP contribution < -0.4 is 5.32 Å². The van der Waals surface area contributed by atoms with E-state index in [2.05, 4.69) is 5.32 Å². The molecule has 0 spiro atoms. The number of methoxy groups -OCH3 is 1. The Bertz CT molecular complexity index is 325. The molecule has 2 rings (SSSR count). The summed E-state index contributed by atoms with van der Waals surface area (Å²) in [5.41, 5.74) is 1.08. The summed E-state index contributed by atoms with van der Waals surface area (Å²) >= 11 is 1.80. The third kappa shape index (κ3) is 3.25. The number of hydrogen-bond acceptors (Lipinski definition) is 5. The van der Waals surface area contributed by atoms with E-state index >= 15 is 0 Å². The van der Waals surface area contributed by atoms with E-state index in [4.69, 9.17) is 14.5 Å². The zero-order valence-corrected chi connectivity index (χ0v) is 11.3. The molecule has 17 heavy (non-hydrogen) atoms. The van der Waals surface area contributed by atoms with Gasteiger partial charge < -0.3 is 14.8 Å². The number of thiazole rings is 1. The van der Waals surface area contributed by atoms with Crippen LogP contribution in [0.1, 0.15) is 34.3 Å². The standard InChI is InChI=1S/C12H20N2O2S/c1-13-6-11-10(8-15-2)14-12(17-11)9-4-3-5-16-7-9/h9,13H,3-8H2,1-2H3. The third-order valence-corrected chi connectivity index (χ3v) is 4.18. The maximum absolute atomic E-state index is 5.53. The molecule has 1 atom stereocenters. The second kappa shape index (κ2) is 6.44. The van der Waals surface area contributed by atoms with Crippen molar-refractivity contribution in [1.82, 2.24) is 10.3 Å².